The highest BCUT2D eigenvalue weighted by Crippen LogP contribution is 2.20. The van der Waals surface area contributed by atoms with Crippen LogP contribution >= 0.6 is 0 Å². The second-order valence-electron chi connectivity index (χ2n) is 7.07. The molecule has 166 valence electrons. The van der Waals surface area contributed by atoms with Crippen molar-refractivity contribution in [3.05, 3.63) is 78.2 Å². The van der Waals surface area contributed by atoms with E-state index in [-0.39, 0.29) is 16.1 Å². The first-order valence-electron chi connectivity index (χ1n) is 9.90. The maximum absolute atomic E-state index is 13.8. The predicted molar refractivity (Wildman–Crippen MR) is 119 cm³/mol. The van der Waals surface area contributed by atoms with Crippen molar-refractivity contribution in [3.8, 4) is 0 Å². The number of anilines is 3. The Morgan fingerprint density at radius 2 is 1.72 bits per heavy atom. The Morgan fingerprint density at radius 3 is 2.38 bits per heavy atom. The molecule has 2 heterocycles. The normalized spacial score (nSPS) is 14.1. The van der Waals surface area contributed by atoms with E-state index >= 15 is 0 Å². The summed E-state index contributed by atoms with van der Waals surface area (Å²) in [4.78, 5) is 18.9. The molecule has 0 saturated carbocycles. The average molecular weight is 456 g/mol. The summed E-state index contributed by atoms with van der Waals surface area (Å²) in [6.07, 6.45) is 1.57. The van der Waals surface area contributed by atoms with Crippen LogP contribution in [0.2, 0.25) is 0 Å². The van der Waals surface area contributed by atoms with Crippen molar-refractivity contribution in [3.63, 3.8) is 0 Å². The molecule has 0 radical (unpaired) electrons. The second-order valence-corrected chi connectivity index (χ2v) is 8.75. The van der Waals surface area contributed by atoms with Gasteiger partial charge in [-0.25, -0.2) is 17.8 Å². The number of carbonyl (C=O) groups is 1. The highest BCUT2D eigenvalue weighted by atomic mass is 32.2. The lowest BCUT2D eigenvalue weighted by Crippen LogP contribution is -2.36. The number of hydrogen-bond acceptors (Lipinski definition) is 6. The number of sulfonamides is 1. The fourth-order valence-electron chi connectivity index (χ4n) is 3.18. The third-order valence-electron chi connectivity index (χ3n) is 4.89. The van der Waals surface area contributed by atoms with Crippen LogP contribution in [-0.4, -0.2) is 45.6 Å². The van der Waals surface area contributed by atoms with Crippen LogP contribution in [0.5, 0.6) is 0 Å². The first kappa shape index (κ1) is 21.7. The lowest BCUT2D eigenvalue weighted by Gasteiger charge is -2.27. The number of benzene rings is 2. The van der Waals surface area contributed by atoms with Crippen molar-refractivity contribution in [1.82, 2.24) is 4.98 Å². The largest absolute Gasteiger partial charge is 0.378 e. The van der Waals surface area contributed by atoms with Gasteiger partial charge in [-0.2, -0.15) is 0 Å². The zero-order valence-corrected chi connectivity index (χ0v) is 17.8. The van der Waals surface area contributed by atoms with Crippen LogP contribution in [0.4, 0.5) is 21.6 Å². The van der Waals surface area contributed by atoms with E-state index in [9.17, 15) is 17.6 Å². The molecular weight excluding hydrogens is 435 g/mol. The number of nitrogens with one attached hydrogen (secondary N) is 2. The van der Waals surface area contributed by atoms with Gasteiger partial charge in [-0.3, -0.25) is 9.52 Å². The van der Waals surface area contributed by atoms with Crippen molar-refractivity contribution < 1.29 is 22.3 Å². The van der Waals surface area contributed by atoms with Gasteiger partial charge in [0.15, 0.2) is 0 Å². The van der Waals surface area contributed by atoms with Gasteiger partial charge in [0, 0.05) is 18.7 Å². The Balaban J connectivity index is 1.41. The van der Waals surface area contributed by atoms with Crippen molar-refractivity contribution in [2.75, 3.05) is 41.2 Å². The number of halogens is 1. The summed E-state index contributed by atoms with van der Waals surface area (Å²) in [5.74, 6) is -0.277. The average Bonchev–Trinajstić information content (AvgIpc) is 2.81. The number of rotatable bonds is 6. The lowest BCUT2D eigenvalue weighted by molar-refractivity contribution is 0.102. The number of pyridine rings is 1. The van der Waals surface area contributed by atoms with E-state index in [0.29, 0.717) is 18.9 Å². The Labute approximate surface area is 185 Å². The van der Waals surface area contributed by atoms with Gasteiger partial charge in [0.25, 0.3) is 15.9 Å². The van der Waals surface area contributed by atoms with E-state index in [1.165, 1.54) is 42.5 Å². The van der Waals surface area contributed by atoms with Crippen LogP contribution in [0.3, 0.4) is 0 Å². The molecule has 10 heteroatoms. The first-order valence-corrected chi connectivity index (χ1v) is 11.4. The third-order valence-corrected chi connectivity index (χ3v) is 6.27. The summed E-state index contributed by atoms with van der Waals surface area (Å²) in [7, 11) is -4.00. The summed E-state index contributed by atoms with van der Waals surface area (Å²) in [5, 5.41) is 2.73. The summed E-state index contributed by atoms with van der Waals surface area (Å²) >= 11 is 0. The minimum Gasteiger partial charge on any atom is -0.378 e. The molecule has 32 heavy (non-hydrogen) atoms. The summed E-state index contributed by atoms with van der Waals surface area (Å²) in [6.45, 7) is 2.84. The van der Waals surface area contributed by atoms with Gasteiger partial charge in [0.1, 0.15) is 11.6 Å². The van der Waals surface area contributed by atoms with Crippen LogP contribution in [0.1, 0.15) is 10.4 Å². The SMILES string of the molecule is O=C(Nc1ccc(N2CCOCC2)nc1)c1ccc(S(=O)(=O)Nc2ccccc2F)cc1. The maximum atomic E-state index is 13.8. The van der Waals surface area contributed by atoms with Crippen LogP contribution < -0.4 is 14.9 Å². The zero-order valence-electron chi connectivity index (χ0n) is 17.0. The highest BCUT2D eigenvalue weighted by molar-refractivity contribution is 7.92. The molecule has 0 aliphatic carbocycles. The number of hydrogen-bond donors (Lipinski definition) is 2. The number of para-hydroxylation sites is 1. The number of morpholine rings is 1. The zero-order chi connectivity index (χ0) is 22.6. The number of carbonyl (C=O) groups excluding carboxylic acids is 1. The third kappa shape index (κ3) is 5.04. The van der Waals surface area contributed by atoms with Gasteiger partial charge < -0.3 is 15.0 Å². The van der Waals surface area contributed by atoms with E-state index in [1.807, 2.05) is 6.07 Å². The maximum Gasteiger partial charge on any atom is 0.261 e. The molecule has 0 spiro atoms. The summed E-state index contributed by atoms with van der Waals surface area (Å²) < 4.78 is 46.3. The fourth-order valence-corrected chi connectivity index (χ4v) is 4.24. The van der Waals surface area contributed by atoms with E-state index in [2.05, 4.69) is 19.9 Å². The minimum atomic E-state index is -4.00. The van der Waals surface area contributed by atoms with E-state index < -0.39 is 21.7 Å². The molecule has 0 bridgehead atoms. The lowest BCUT2D eigenvalue weighted by atomic mass is 10.2. The molecule has 4 rings (SSSR count). The molecule has 1 aliphatic heterocycles. The van der Waals surface area contributed by atoms with Gasteiger partial charge >= 0.3 is 0 Å². The predicted octanol–water partition coefficient (Wildman–Crippen LogP) is 3.11. The Hall–Kier alpha value is -3.50. The number of aromatic nitrogens is 1. The van der Waals surface area contributed by atoms with Crippen LogP contribution in [0.15, 0.2) is 71.8 Å². The molecule has 2 aromatic carbocycles. The van der Waals surface area contributed by atoms with E-state index in [1.54, 1.807) is 12.3 Å². The quantitative estimate of drug-likeness (QED) is 0.591. The molecule has 1 fully saturated rings. The van der Waals surface area contributed by atoms with Gasteiger partial charge in [0.2, 0.25) is 0 Å². The Morgan fingerprint density at radius 1 is 1.00 bits per heavy atom. The Kier molecular flexibility index (Phi) is 6.33. The fraction of sp³-hybridized carbons (Fsp3) is 0.182. The molecule has 8 nitrogen and oxygen atoms in total. The minimum absolute atomic E-state index is 0.0890. The van der Waals surface area contributed by atoms with E-state index in [0.717, 1.165) is 25.0 Å². The highest BCUT2D eigenvalue weighted by Gasteiger charge is 2.17. The van der Waals surface area contributed by atoms with E-state index in [4.69, 9.17) is 4.74 Å². The van der Waals surface area contributed by atoms with Gasteiger partial charge in [0.05, 0.1) is 35.7 Å². The number of ether oxygens (including phenoxy) is 1. The van der Waals surface area contributed by atoms with Crippen molar-refractivity contribution >= 4 is 33.1 Å². The standard InChI is InChI=1S/C22H21FN4O4S/c23-19-3-1-2-4-20(19)26-32(29,30)18-8-5-16(6-9-18)22(28)25-17-7-10-21(24-15-17)27-11-13-31-14-12-27/h1-10,15,26H,11-14H2,(H,25,28). The van der Waals surface area contributed by atoms with Gasteiger partial charge in [-0.05, 0) is 48.5 Å². The first-order chi connectivity index (χ1) is 15.4. The van der Waals surface area contributed by atoms with Crippen LogP contribution in [0.25, 0.3) is 0 Å². The molecule has 0 atom stereocenters. The molecule has 0 unspecified atom stereocenters. The number of nitrogens with zero attached hydrogens (tertiary/aromatic N) is 2. The number of amides is 1. The molecule has 1 aromatic heterocycles. The molecule has 1 amide bonds. The second kappa shape index (κ2) is 9.33. The monoisotopic (exact) mass is 456 g/mol. The summed E-state index contributed by atoms with van der Waals surface area (Å²) in [5.41, 5.74) is 0.638. The van der Waals surface area contributed by atoms with Crippen LogP contribution in [0, 0.1) is 5.82 Å². The summed E-state index contributed by atoms with van der Waals surface area (Å²) in [6, 6.07) is 14.4. The Bertz CT molecular complexity index is 1200. The van der Waals surface area contributed by atoms with Gasteiger partial charge in [-0.15, -0.1) is 0 Å². The molecule has 1 saturated heterocycles. The van der Waals surface area contributed by atoms with Crippen molar-refractivity contribution in [2.45, 2.75) is 4.90 Å². The van der Waals surface area contributed by atoms with Gasteiger partial charge in [-0.1, -0.05) is 12.1 Å². The smallest absolute Gasteiger partial charge is 0.261 e. The molecule has 3 aromatic rings. The molecule has 1 aliphatic rings. The topological polar surface area (TPSA) is 101 Å². The molecule has 2 N–H and O–H groups in total. The molecular formula is C22H21FN4O4S. The van der Waals surface area contributed by atoms with Crippen LogP contribution in [-0.2, 0) is 14.8 Å². The van der Waals surface area contributed by atoms with Crippen molar-refractivity contribution in [2.24, 2.45) is 0 Å². The van der Waals surface area contributed by atoms with Crippen molar-refractivity contribution in [1.29, 1.82) is 0 Å².